The van der Waals surface area contributed by atoms with Crippen molar-refractivity contribution >= 4 is 23.1 Å². The first-order chi connectivity index (χ1) is 15.6. The fraction of sp³-hybridized carbons (Fsp3) is 0.250. The largest absolute Gasteiger partial charge is 0.350 e. The van der Waals surface area contributed by atoms with Crippen LogP contribution in [0.25, 0.3) is 5.57 Å². The van der Waals surface area contributed by atoms with Gasteiger partial charge in [0.25, 0.3) is 11.8 Å². The van der Waals surface area contributed by atoms with E-state index in [2.05, 4.69) is 43.2 Å². The lowest BCUT2D eigenvalue weighted by atomic mass is 9.87. The van der Waals surface area contributed by atoms with Crippen LogP contribution in [0.1, 0.15) is 48.6 Å². The van der Waals surface area contributed by atoms with Crippen LogP contribution in [0.15, 0.2) is 72.7 Å². The predicted octanol–water partition coefficient (Wildman–Crippen LogP) is 5.39. The third kappa shape index (κ3) is 4.58. The van der Waals surface area contributed by atoms with Gasteiger partial charge in [-0.05, 0) is 71.3 Å². The number of nitrogens with one attached hydrogen (secondary N) is 1. The second-order valence-electron chi connectivity index (χ2n) is 9.55. The van der Waals surface area contributed by atoms with Crippen molar-refractivity contribution in [3.05, 3.63) is 101 Å². The lowest BCUT2D eigenvalue weighted by molar-refractivity contribution is -0.137. The number of rotatable bonds is 5. The van der Waals surface area contributed by atoms with Gasteiger partial charge >= 0.3 is 0 Å². The summed E-state index contributed by atoms with van der Waals surface area (Å²) in [5.41, 5.74) is 6.50. The highest BCUT2D eigenvalue weighted by molar-refractivity contribution is 6.36. The van der Waals surface area contributed by atoms with Gasteiger partial charge in [-0.25, -0.2) is 0 Å². The van der Waals surface area contributed by atoms with Crippen LogP contribution in [0.4, 0.5) is 5.69 Å². The van der Waals surface area contributed by atoms with E-state index in [1.807, 2.05) is 56.3 Å². The molecule has 4 rings (SSSR count). The molecule has 33 heavy (non-hydrogen) atoms. The first kappa shape index (κ1) is 22.5. The minimum absolute atomic E-state index is 0.0306. The fourth-order valence-electron chi connectivity index (χ4n) is 3.87. The number of hydrogen-bond acceptors (Lipinski definition) is 4. The minimum Gasteiger partial charge on any atom is -0.350 e. The normalized spacial score (nSPS) is 14.3. The molecule has 0 saturated carbocycles. The van der Waals surface area contributed by atoms with Crippen molar-refractivity contribution in [1.82, 2.24) is 9.88 Å². The van der Waals surface area contributed by atoms with Gasteiger partial charge in [0.1, 0.15) is 5.70 Å². The first-order valence-electron chi connectivity index (χ1n) is 11.1. The zero-order chi connectivity index (χ0) is 23.8. The highest BCUT2D eigenvalue weighted by atomic mass is 16.2. The number of amides is 2. The van der Waals surface area contributed by atoms with Gasteiger partial charge in [-0.3, -0.25) is 19.5 Å². The number of carbonyl (C=O) groups excluding carboxylic acids is 2. The Kier molecular flexibility index (Phi) is 5.90. The molecule has 0 fully saturated rings. The van der Waals surface area contributed by atoms with E-state index in [9.17, 15) is 9.59 Å². The second-order valence-corrected chi connectivity index (χ2v) is 9.55. The van der Waals surface area contributed by atoms with Gasteiger partial charge in [0.15, 0.2) is 0 Å². The van der Waals surface area contributed by atoms with Crippen molar-refractivity contribution in [3.8, 4) is 0 Å². The molecule has 1 aliphatic heterocycles. The molecule has 0 bridgehead atoms. The summed E-state index contributed by atoms with van der Waals surface area (Å²) < 4.78 is 0. The Morgan fingerprint density at radius 2 is 1.52 bits per heavy atom. The van der Waals surface area contributed by atoms with Crippen LogP contribution in [0.5, 0.6) is 0 Å². The summed E-state index contributed by atoms with van der Waals surface area (Å²) in [5.74, 6) is -0.626. The van der Waals surface area contributed by atoms with E-state index < -0.39 is 0 Å². The molecule has 0 spiro atoms. The quantitative estimate of drug-likeness (QED) is 0.542. The van der Waals surface area contributed by atoms with Crippen LogP contribution in [0, 0.1) is 13.8 Å². The molecule has 3 aromatic rings. The number of nitrogens with zero attached hydrogens (tertiary/aromatic N) is 2. The van der Waals surface area contributed by atoms with Crippen LogP contribution in [0.2, 0.25) is 0 Å². The summed E-state index contributed by atoms with van der Waals surface area (Å²) in [7, 11) is 0. The molecule has 1 N–H and O–H groups in total. The molecule has 2 amide bonds. The van der Waals surface area contributed by atoms with Crippen molar-refractivity contribution in [3.63, 3.8) is 0 Å². The van der Waals surface area contributed by atoms with Crippen molar-refractivity contribution in [1.29, 1.82) is 0 Å². The highest BCUT2D eigenvalue weighted by Crippen LogP contribution is 2.33. The van der Waals surface area contributed by atoms with Crippen molar-refractivity contribution in [2.75, 3.05) is 5.32 Å². The Hall–Kier alpha value is -3.73. The summed E-state index contributed by atoms with van der Waals surface area (Å²) in [6.45, 7) is 10.7. The summed E-state index contributed by atoms with van der Waals surface area (Å²) >= 11 is 0. The number of anilines is 1. The highest BCUT2D eigenvalue weighted by Gasteiger charge is 2.39. The van der Waals surface area contributed by atoms with E-state index in [0.29, 0.717) is 11.3 Å². The maximum Gasteiger partial charge on any atom is 0.278 e. The van der Waals surface area contributed by atoms with Gasteiger partial charge in [-0.2, -0.15) is 0 Å². The molecule has 1 aromatic heterocycles. The standard InChI is InChI=1S/C28H29N3O2/c1-18-6-7-21(16-19(18)2)24-25(30-23-10-8-22(9-11-23)28(3,4)5)27(33)31(26(24)32)17-20-12-14-29-15-13-20/h6-16,30H,17H2,1-5H3. The molecular formula is C28H29N3O2. The second kappa shape index (κ2) is 8.66. The SMILES string of the molecule is Cc1ccc(C2=C(Nc3ccc(C(C)(C)C)cc3)C(=O)N(Cc3ccncc3)C2=O)cc1C. The van der Waals surface area contributed by atoms with Gasteiger partial charge in [-0.1, -0.05) is 51.1 Å². The third-order valence-corrected chi connectivity index (χ3v) is 6.07. The Morgan fingerprint density at radius 1 is 0.848 bits per heavy atom. The number of imide groups is 1. The summed E-state index contributed by atoms with van der Waals surface area (Å²) in [6, 6.07) is 17.5. The Balaban J connectivity index is 1.74. The molecule has 2 aromatic carbocycles. The van der Waals surface area contributed by atoms with Crippen LogP contribution >= 0.6 is 0 Å². The predicted molar refractivity (Wildman–Crippen MR) is 131 cm³/mol. The van der Waals surface area contributed by atoms with Gasteiger partial charge in [0.05, 0.1) is 12.1 Å². The average molecular weight is 440 g/mol. The third-order valence-electron chi connectivity index (χ3n) is 6.07. The van der Waals surface area contributed by atoms with Gasteiger partial charge in [-0.15, -0.1) is 0 Å². The molecule has 5 heteroatoms. The van der Waals surface area contributed by atoms with E-state index in [4.69, 9.17) is 0 Å². The van der Waals surface area contributed by atoms with E-state index >= 15 is 0 Å². The monoisotopic (exact) mass is 439 g/mol. The summed E-state index contributed by atoms with van der Waals surface area (Å²) in [6.07, 6.45) is 3.32. The van der Waals surface area contributed by atoms with E-state index in [1.54, 1.807) is 12.4 Å². The molecule has 5 nitrogen and oxygen atoms in total. The zero-order valence-electron chi connectivity index (χ0n) is 19.8. The molecule has 2 heterocycles. The van der Waals surface area contributed by atoms with Crippen molar-refractivity contribution in [2.24, 2.45) is 0 Å². The Bertz CT molecular complexity index is 1240. The van der Waals surface area contributed by atoms with Gasteiger partial charge in [0, 0.05) is 18.1 Å². The Labute approximate surface area is 195 Å². The first-order valence-corrected chi connectivity index (χ1v) is 11.1. The number of aromatic nitrogens is 1. The van der Waals surface area contributed by atoms with Crippen LogP contribution in [-0.2, 0) is 21.5 Å². The zero-order valence-corrected chi connectivity index (χ0v) is 19.8. The lowest BCUT2D eigenvalue weighted by Crippen LogP contribution is -2.32. The number of pyridine rings is 1. The van der Waals surface area contributed by atoms with Crippen molar-refractivity contribution < 1.29 is 9.59 Å². The molecule has 168 valence electrons. The molecule has 1 aliphatic rings. The number of aryl methyl sites for hydroxylation is 2. The summed E-state index contributed by atoms with van der Waals surface area (Å²) in [5, 5.41) is 3.25. The van der Waals surface area contributed by atoms with E-state index in [1.165, 1.54) is 10.5 Å². The van der Waals surface area contributed by atoms with Gasteiger partial charge < -0.3 is 5.32 Å². The lowest BCUT2D eigenvalue weighted by Gasteiger charge is -2.19. The van der Waals surface area contributed by atoms with Crippen LogP contribution in [-0.4, -0.2) is 21.7 Å². The fourth-order valence-corrected chi connectivity index (χ4v) is 3.87. The number of carbonyl (C=O) groups is 2. The molecule has 0 aliphatic carbocycles. The maximum atomic E-state index is 13.5. The molecule has 0 atom stereocenters. The van der Waals surface area contributed by atoms with E-state index in [-0.39, 0.29) is 23.8 Å². The minimum atomic E-state index is -0.329. The van der Waals surface area contributed by atoms with E-state index in [0.717, 1.165) is 27.9 Å². The Morgan fingerprint density at radius 3 is 2.12 bits per heavy atom. The number of hydrogen-bond donors (Lipinski definition) is 1. The maximum absolute atomic E-state index is 13.5. The molecular weight excluding hydrogens is 410 g/mol. The molecule has 0 unspecified atom stereocenters. The molecule has 0 radical (unpaired) electrons. The summed E-state index contributed by atoms with van der Waals surface area (Å²) in [4.78, 5) is 32.3. The number of benzene rings is 2. The topological polar surface area (TPSA) is 62.3 Å². The molecule has 0 saturated heterocycles. The average Bonchev–Trinajstić information content (AvgIpc) is 3.00. The van der Waals surface area contributed by atoms with Gasteiger partial charge in [0.2, 0.25) is 0 Å². The van der Waals surface area contributed by atoms with Crippen molar-refractivity contribution in [2.45, 2.75) is 46.6 Å². The van der Waals surface area contributed by atoms with Crippen LogP contribution in [0.3, 0.4) is 0 Å². The smallest absolute Gasteiger partial charge is 0.278 e. The van der Waals surface area contributed by atoms with Crippen LogP contribution < -0.4 is 5.32 Å².